The zero-order valence-corrected chi connectivity index (χ0v) is 18.6. The number of likely N-dealkylation sites (tertiary alicyclic amines) is 1. The number of amides is 2. The van der Waals surface area contributed by atoms with E-state index in [1.54, 1.807) is 0 Å². The molecule has 0 unspecified atom stereocenters. The van der Waals surface area contributed by atoms with Gasteiger partial charge in [-0.2, -0.15) is 0 Å². The molecule has 2 aliphatic rings. The first-order chi connectivity index (χ1) is 14.7. The lowest BCUT2D eigenvalue weighted by Crippen LogP contribution is -2.32. The molecule has 31 heavy (non-hydrogen) atoms. The van der Waals surface area contributed by atoms with Gasteiger partial charge in [0.25, 0.3) is 11.8 Å². The number of piperidine rings is 1. The molecule has 7 nitrogen and oxygen atoms in total. The molecule has 8 heteroatoms. The van der Waals surface area contributed by atoms with Crippen LogP contribution in [-0.2, 0) is 23.1 Å². The number of nitrogens with one attached hydrogen (secondary N) is 1. The molecule has 2 heterocycles. The highest BCUT2D eigenvalue weighted by Crippen LogP contribution is 2.25. The Morgan fingerprint density at radius 1 is 0.968 bits per heavy atom. The van der Waals surface area contributed by atoms with Crippen molar-refractivity contribution in [2.24, 2.45) is 5.92 Å². The lowest BCUT2D eigenvalue weighted by atomic mass is 9.98. The summed E-state index contributed by atoms with van der Waals surface area (Å²) in [4.78, 5) is 27.6. The van der Waals surface area contributed by atoms with Crippen molar-refractivity contribution in [2.75, 3.05) is 20.1 Å². The molecule has 2 aromatic carbocycles. The lowest BCUT2D eigenvalue weighted by molar-refractivity contribution is 0.0693. The lowest BCUT2D eigenvalue weighted by Gasteiger charge is -2.30. The van der Waals surface area contributed by atoms with Gasteiger partial charge in [0, 0.05) is 20.1 Å². The molecule has 0 spiro atoms. The third-order valence-corrected chi connectivity index (χ3v) is 7.51. The van der Waals surface area contributed by atoms with Crippen molar-refractivity contribution < 1.29 is 18.0 Å². The van der Waals surface area contributed by atoms with E-state index in [-0.39, 0.29) is 22.6 Å². The first-order valence-corrected chi connectivity index (χ1v) is 12.0. The Labute approximate surface area is 183 Å². The Balaban J connectivity index is 1.43. The molecule has 0 saturated carbocycles. The maximum atomic E-state index is 12.8. The number of hydrogen-bond donors (Lipinski definition) is 1. The van der Waals surface area contributed by atoms with Crippen LogP contribution in [0, 0.1) is 5.92 Å². The minimum absolute atomic E-state index is 0.0266. The van der Waals surface area contributed by atoms with Crippen molar-refractivity contribution in [1.82, 2.24) is 14.5 Å². The minimum atomic E-state index is -3.83. The Bertz CT molecular complexity index is 1120. The SMILES string of the molecule is CC1CCN(Cc2cccc(CNS(=O)(=O)c3ccc4c(c3)C(=O)N(C)C4=O)c2)CC1. The van der Waals surface area contributed by atoms with Gasteiger partial charge in [-0.3, -0.25) is 19.4 Å². The average molecular weight is 442 g/mol. The van der Waals surface area contributed by atoms with E-state index in [2.05, 4.69) is 22.6 Å². The fourth-order valence-electron chi connectivity index (χ4n) is 4.09. The van der Waals surface area contributed by atoms with Crippen molar-refractivity contribution in [3.8, 4) is 0 Å². The molecule has 1 saturated heterocycles. The van der Waals surface area contributed by atoms with E-state index >= 15 is 0 Å². The predicted molar refractivity (Wildman–Crippen MR) is 117 cm³/mol. The number of sulfonamides is 1. The molecule has 1 N–H and O–H groups in total. The van der Waals surface area contributed by atoms with Gasteiger partial charge < -0.3 is 0 Å². The number of carbonyl (C=O) groups excluding carboxylic acids is 2. The topological polar surface area (TPSA) is 86.8 Å². The van der Waals surface area contributed by atoms with Gasteiger partial charge in [-0.15, -0.1) is 0 Å². The number of imide groups is 1. The third-order valence-electron chi connectivity index (χ3n) is 6.11. The van der Waals surface area contributed by atoms with Crippen molar-refractivity contribution in [1.29, 1.82) is 0 Å². The van der Waals surface area contributed by atoms with E-state index in [1.165, 1.54) is 38.1 Å². The van der Waals surface area contributed by atoms with Gasteiger partial charge in [-0.1, -0.05) is 31.2 Å². The molecule has 2 aliphatic heterocycles. The van der Waals surface area contributed by atoms with E-state index in [4.69, 9.17) is 0 Å². The molecule has 4 rings (SSSR count). The summed E-state index contributed by atoms with van der Waals surface area (Å²) in [7, 11) is -2.44. The molecule has 1 fully saturated rings. The van der Waals surface area contributed by atoms with Crippen LogP contribution in [-0.4, -0.2) is 50.2 Å². The van der Waals surface area contributed by atoms with Crippen LogP contribution in [0.2, 0.25) is 0 Å². The Morgan fingerprint density at radius 3 is 2.39 bits per heavy atom. The number of hydrogen-bond acceptors (Lipinski definition) is 5. The first-order valence-electron chi connectivity index (χ1n) is 10.5. The van der Waals surface area contributed by atoms with E-state index in [0.29, 0.717) is 0 Å². The summed E-state index contributed by atoms with van der Waals surface area (Å²) in [5, 5.41) is 0. The van der Waals surface area contributed by atoms with Crippen molar-refractivity contribution in [3.05, 3.63) is 64.7 Å². The number of nitrogens with zero attached hydrogens (tertiary/aromatic N) is 2. The molecule has 0 atom stereocenters. The van der Waals surface area contributed by atoms with Crippen LogP contribution < -0.4 is 4.72 Å². The molecular formula is C23H27N3O4S. The Kier molecular flexibility index (Phi) is 5.96. The van der Waals surface area contributed by atoms with Gasteiger partial charge in [-0.25, -0.2) is 13.1 Å². The smallest absolute Gasteiger partial charge is 0.261 e. The van der Waals surface area contributed by atoms with Gasteiger partial charge in [0.15, 0.2) is 0 Å². The van der Waals surface area contributed by atoms with Crippen LogP contribution in [0.5, 0.6) is 0 Å². The van der Waals surface area contributed by atoms with Crippen LogP contribution in [0.25, 0.3) is 0 Å². The maximum Gasteiger partial charge on any atom is 0.261 e. The summed E-state index contributed by atoms with van der Waals surface area (Å²) in [6.07, 6.45) is 2.42. The third kappa shape index (κ3) is 4.56. The summed E-state index contributed by atoms with van der Waals surface area (Å²) in [5.74, 6) is -0.126. The van der Waals surface area contributed by atoms with Crippen LogP contribution in [0.1, 0.15) is 51.6 Å². The van der Waals surface area contributed by atoms with Crippen LogP contribution in [0.15, 0.2) is 47.4 Å². The largest absolute Gasteiger partial charge is 0.299 e. The van der Waals surface area contributed by atoms with E-state index < -0.39 is 21.8 Å². The first kappa shape index (κ1) is 21.7. The number of rotatable bonds is 6. The van der Waals surface area contributed by atoms with Crippen molar-refractivity contribution in [3.63, 3.8) is 0 Å². The molecule has 2 amide bonds. The van der Waals surface area contributed by atoms with Crippen LogP contribution in [0.4, 0.5) is 0 Å². The summed E-state index contributed by atoms with van der Waals surface area (Å²) in [5.41, 5.74) is 2.38. The highest BCUT2D eigenvalue weighted by molar-refractivity contribution is 7.89. The fourth-order valence-corrected chi connectivity index (χ4v) is 5.13. The molecule has 0 aromatic heterocycles. The summed E-state index contributed by atoms with van der Waals surface area (Å²) in [6, 6.07) is 12.0. The van der Waals surface area contributed by atoms with E-state index in [0.717, 1.165) is 41.6 Å². The molecule has 0 bridgehead atoms. The minimum Gasteiger partial charge on any atom is -0.299 e. The number of carbonyl (C=O) groups is 2. The number of fused-ring (bicyclic) bond motifs is 1. The molecular weight excluding hydrogens is 414 g/mol. The molecule has 164 valence electrons. The Morgan fingerprint density at radius 2 is 1.65 bits per heavy atom. The fraction of sp³-hybridized carbons (Fsp3) is 0.391. The van der Waals surface area contributed by atoms with Gasteiger partial charge >= 0.3 is 0 Å². The molecule has 2 aromatic rings. The van der Waals surface area contributed by atoms with Gasteiger partial charge in [0.05, 0.1) is 16.0 Å². The highest BCUT2D eigenvalue weighted by atomic mass is 32.2. The van der Waals surface area contributed by atoms with Gasteiger partial charge in [-0.05, 0) is 61.2 Å². The maximum absolute atomic E-state index is 12.8. The normalized spacial score (nSPS) is 17.9. The monoisotopic (exact) mass is 441 g/mol. The van der Waals surface area contributed by atoms with Crippen LogP contribution >= 0.6 is 0 Å². The molecule has 0 radical (unpaired) electrons. The summed E-state index contributed by atoms with van der Waals surface area (Å²) in [6.45, 7) is 5.48. The zero-order chi connectivity index (χ0) is 22.2. The highest BCUT2D eigenvalue weighted by Gasteiger charge is 2.33. The van der Waals surface area contributed by atoms with Crippen molar-refractivity contribution >= 4 is 21.8 Å². The van der Waals surface area contributed by atoms with Gasteiger partial charge in [0.1, 0.15) is 0 Å². The predicted octanol–water partition coefficient (Wildman–Crippen LogP) is 2.62. The quantitative estimate of drug-likeness (QED) is 0.697. The molecule has 0 aliphatic carbocycles. The summed E-state index contributed by atoms with van der Waals surface area (Å²) < 4.78 is 28.2. The standard InChI is InChI=1S/C23H27N3O4S/c1-16-8-10-26(11-9-16)15-18-5-3-4-17(12-18)14-24-31(29,30)19-6-7-20-21(13-19)23(28)25(2)22(20)27/h3-7,12-13,16,24H,8-11,14-15H2,1-2H3. The average Bonchev–Trinajstić information content (AvgIpc) is 2.98. The zero-order valence-electron chi connectivity index (χ0n) is 17.8. The Hall–Kier alpha value is -2.55. The number of benzene rings is 2. The second kappa shape index (κ2) is 8.53. The van der Waals surface area contributed by atoms with Crippen LogP contribution in [0.3, 0.4) is 0 Å². The van der Waals surface area contributed by atoms with E-state index in [9.17, 15) is 18.0 Å². The second-order valence-corrected chi connectivity index (χ2v) is 10.2. The van der Waals surface area contributed by atoms with Crippen molar-refractivity contribution in [2.45, 2.75) is 37.8 Å². The van der Waals surface area contributed by atoms with Gasteiger partial charge in [0.2, 0.25) is 10.0 Å². The second-order valence-electron chi connectivity index (χ2n) is 8.48. The van der Waals surface area contributed by atoms with E-state index in [1.807, 2.05) is 18.2 Å². The summed E-state index contributed by atoms with van der Waals surface area (Å²) >= 11 is 0.